The van der Waals surface area contributed by atoms with Crippen molar-refractivity contribution in [1.29, 1.82) is 0 Å². The lowest BCUT2D eigenvalue weighted by molar-refractivity contribution is -0.132. The van der Waals surface area contributed by atoms with Crippen molar-refractivity contribution >= 4 is 29.0 Å². The van der Waals surface area contributed by atoms with Crippen LogP contribution in [0.4, 0.5) is 0 Å². The van der Waals surface area contributed by atoms with Crippen molar-refractivity contribution in [3.05, 3.63) is 21.9 Å². The number of hydrogen-bond donors (Lipinski definition) is 1. The first-order valence-electron chi connectivity index (χ1n) is 7.43. The molecule has 0 bridgehead atoms. The van der Waals surface area contributed by atoms with Crippen molar-refractivity contribution in [3.63, 3.8) is 0 Å². The van der Waals surface area contributed by atoms with Crippen LogP contribution in [0, 0.1) is 6.92 Å². The zero-order valence-corrected chi connectivity index (χ0v) is 13.7. The fourth-order valence-electron chi connectivity index (χ4n) is 3.10. The molecule has 3 unspecified atom stereocenters. The molecule has 20 heavy (non-hydrogen) atoms. The monoisotopic (exact) mass is 310 g/mol. The van der Waals surface area contributed by atoms with E-state index in [-0.39, 0.29) is 12.2 Å². The zero-order chi connectivity index (χ0) is 14.1. The Bertz CT molecular complexity index is 482. The van der Waals surface area contributed by atoms with E-state index >= 15 is 0 Å². The second kappa shape index (κ2) is 6.08. The van der Waals surface area contributed by atoms with Gasteiger partial charge >= 0.3 is 0 Å². The highest BCUT2D eigenvalue weighted by atomic mass is 32.2. The number of thioether (sulfide) groups is 1. The fraction of sp³-hybridized carbons (Fsp3) is 0.667. The predicted molar refractivity (Wildman–Crippen MR) is 86.2 cm³/mol. The Balaban J connectivity index is 1.87. The largest absolute Gasteiger partial charge is 0.317 e. The van der Waals surface area contributed by atoms with Crippen LogP contribution in [0.25, 0.3) is 0 Å². The molecule has 1 aromatic heterocycles. The number of nitrogens with one attached hydrogen (secondary N) is 1. The van der Waals surface area contributed by atoms with Gasteiger partial charge in [0.05, 0.1) is 6.04 Å². The third kappa shape index (κ3) is 2.63. The molecule has 2 saturated heterocycles. The molecule has 2 fully saturated rings. The molecular formula is C15H22N2OS2. The van der Waals surface area contributed by atoms with Crippen LogP contribution in [0.3, 0.4) is 0 Å². The molecule has 5 heteroatoms. The summed E-state index contributed by atoms with van der Waals surface area (Å²) < 4.78 is 0. The molecule has 3 nitrogen and oxygen atoms in total. The Morgan fingerprint density at radius 3 is 2.90 bits per heavy atom. The molecule has 2 aliphatic rings. The minimum Gasteiger partial charge on any atom is -0.317 e. The minimum atomic E-state index is -0.00525. The lowest BCUT2D eigenvalue weighted by atomic mass is 10.1. The van der Waals surface area contributed by atoms with Crippen molar-refractivity contribution in [2.75, 3.05) is 11.5 Å². The molecule has 110 valence electrons. The van der Waals surface area contributed by atoms with Gasteiger partial charge in [0.2, 0.25) is 5.91 Å². The number of aryl methyl sites for hydroxylation is 1. The van der Waals surface area contributed by atoms with Gasteiger partial charge in [-0.3, -0.25) is 10.1 Å². The summed E-state index contributed by atoms with van der Waals surface area (Å²) in [4.78, 5) is 17.4. The average molecular weight is 310 g/mol. The molecule has 3 rings (SSSR count). The third-order valence-electron chi connectivity index (χ3n) is 4.16. The molecule has 0 spiro atoms. The number of hydrogen-bond acceptors (Lipinski definition) is 4. The molecule has 1 aromatic rings. The first-order valence-corrected chi connectivity index (χ1v) is 9.40. The number of carbonyl (C=O) groups excluding carboxylic acids is 1. The summed E-state index contributed by atoms with van der Waals surface area (Å²) in [6.07, 6.45) is 3.34. The summed E-state index contributed by atoms with van der Waals surface area (Å²) in [7, 11) is 0. The highest BCUT2D eigenvalue weighted by molar-refractivity contribution is 7.99. The van der Waals surface area contributed by atoms with Crippen molar-refractivity contribution in [2.24, 2.45) is 0 Å². The fourth-order valence-corrected chi connectivity index (χ4v) is 5.17. The van der Waals surface area contributed by atoms with E-state index in [0.29, 0.717) is 11.9 Å². The van der Waals surface area contributed by atoms with Gasteiger partial charge in [-0.1, -0.05) is 6.92 Å². The molecule has 1 N–H and O–H groups in total. The molecule has 1 amide bonds. The van der Waals surface area contributed by atoms with E-state index in [0.717, 1.165) is 18.6 Å². The van der Waals surface area contributed by atoms with Crippen LogP contribution in [0.5, 0.6) is 0 Å². The Kier molecular flexibility index (Phi) is 4.38. The Morgan fingerprint density at radius 2 is 2.30 bits per heavy atom. The quantitative estimate of drug-likeness (QED) is 0.931. The maximum absolute atomic E-state index is 12.7. The highest BCUT2D eigenvalue weighted by Gasteiger charge is 2.43. The normalized spacial score (nSPS) is 31.0. The molecule has 3 heterocycles. The summed E-state index contributed by atoms with van der Waals surface area (Å²) in [5.74, 6) is 2.63. The SMILES string of the molecule is CCC1NC(c2ccc(C)s2)N(C2CCCSC2)C1=O. The van der Waals surface area contributed by atoms with Crippen molar-refractivity contribution in [3.8, 4) is 0 Å². The van der Waals surface area contributed by atoms with Crippen LogP contribution in [-0.4, -0.2) is 34.4 Å². The van der Waals surface area contributed by atoms with Crippen LogP contribution in [0.15, 0.2) is 12.1 Å². The van der Waals surface area contributed by atoms with Gasteiger partial charge < -0.3 is 4.90 Å². The van der Waals surface area contributed by atoms with Gasteiger partial charge in [0, 0.05) is 21.5 Å². The molecule has 3 atom stereocenters. The van der Waals surface area contributed by atoms with E-state index in [9.17, 15) is 4.79 Å². The van der Waals surface area contributed by atoms with Crippen molar-refractivity contribution in [1.82, 2.24) is 10.2 Å². The summed E-state index contributed by atoms with van der Waals surface area (Å²) in [6.45, 7) is 4.22. The van der Waals surface area contributed by atoms with E-state index in [1.807, 2.05) is 11.8 Å². The number of thiophene rings is 1. The summed E-state index contributed by atoms with van der Waals surface area (Å²) in [6, 6.07) is 4.72. The Hall–Kier alpha value is -0.520. The summed E-state index contributed by atoms with van der Waals surface area (Å²) in [5.41, 5.74) is 0. The number of amides is 1. The topological polar surface area (TPSA) is 32.3 Å². The van der Waals surface area contributed by atoms with E-state index in [4.69, 9.17) is 0 Å². The van der Waals surface area contributed by atoms with Gasteiger partial charge in [0.15, 0.2) is 0 Å². The molecule has 2 aliphatic heterocycles. The van der Waals surface area contributed by atoms with Gasteiger partial charge in [-0.25, -0.2) is 0 Å². The first-order chi connectivity index (χ1) is 9.70. The van der Waals surface area contributed by atoms with Gasteiger partial charge in [0.1, 0.15) is 6.17 Å². The smallest absolute Gasteiger partial charge is 0.241 e. The molecule has 0 saturated carbocycles. The number of carbonyl (C=O) groups is 1. The second-order valence-electron chi connectivity index (χ2n) is 5.59. The maximum Gasteiger partial charge on any atom is 0.241 e. The molecular weight excluding hydrogens is 288 g/mol. The third-order valence-corrected chi connectivity index (χ3v) is 6.41. The predicted octanol–water partition coefficient (Wildman–Crippen LogP) is 3.16. The Labute approximate surface area is 129 Å². The van der Waals surface area contributed by atoms with Crippen molar-refractivity contribution in [2.45, 2.75) is 51.4 Å². The Morgan fingerprint density at radius 1 is 1.45 bits per heavy atom. The maximum atomic E-state index is 12.7. The number of rotatable bonds is 3. The molecule has 0 aromatic carbocycles. The lowest BCUT2D eigenvalue weighted by Crippen LogP contribution is -2.42. The van der Waals surface area contributed by atoms with Crippen molar-refractivity contribution < 1.29 is 4.79 Å². The second-order valence-corrected chi connectivity index (χ2v) is 8.06. The van der Waals surface area contributed by atoms with Crippen LogP contribution in [0.2, 0.25) is 0 Å². The van der Waals surface area contributed by atoms with Crippen LogP contribution in [0.1, 0.15) is 42.1 Å². The van der Waals surface area contributed by atoms with E-state index < -0.39 is 0 Å². The van der Waals surface area contributed by atoms with Gasteiger partial charge in [-0.05, 0) is 44.1 Å². The highest BCUT2D eigenvalue weighted by Crippen LogP contribution is 2.35. The number of nitrogens with zero attached hydrogens (tertiary/aromatic N) is 1. The summed E-state index contributed by atoms with van der Waals surface area (Å²) >= 11 is 3.79. The summed E-state index contributed by atoms with van der Waals surface area (Å²) in [5, 5.41) is 3.54. The van der Waals surface area contributed by atoms with Crippen LogP contribution < -0.4 is 5.32 Å². The van der Waals surface area contributed by atoms with Crippen LogP contribution >= 0.6 is 23.1 Å². The average Bonchev–Trinajstić information content (AvgIpc) is 3.03. The minimum absolute atomic E-state index is 0.00525. The standard InChI is InChI=1S/C15H22N2OS2/c1-3-12-15(18)17(11-5-4-8-19-9-11)14(16-12)13-7-6-10(2)20-13/h6-7,11-12,14,16H,3-5,8-9H2,1-2H3. The van der Waals surface area contributed by atoms with E-state index in [2.05, 4.69) is 36.2 Å². The lowest BCUT2D eigenvalue weighted by Gasteiger charge is -2.34. The molecule has 0 radical (unpaired) electrons. The van der Waals surface area contributed by atoms with E-state index in [1.165, 1.54) is 21.9 Å². The zero-order valence-electron chi connectivity index (χ0n) is 12.1. The van der Waals surface area contributed by atoms with Gasteiger partial charge in [0.25, 0.3) is 0 Å². The first kappa shape index (κ1) is 14.4. The molecule has 0 aliphatic carbocycles. The van der Waals surface area contributed by atoms with Gasteiger partial charge in [-0.15, -0.1) is 11.3 Å². The van der Waals surface area contributed by atoms with E-state index in [1.54, 1.807) is 11.3 Å². The van der Waals surface area contributed by atoms with Gasteiger partial charge in [-0.2, -0.15) is 11.8 Å². The van der Waals surface area contributed by atoms with Crippen LogP contribution in [-0.2, 0) is 4.79 Å².